The Labute approximate surface area is 176 Å². The van der Waals surface area contributed by atoms with Gasteiger partial charge in [-0.05, 0) is 56.7 Å². The molecular weight excluding hydrogens is 409 g/mol. The second-order valence-corrected chi connectivity index (χ2v) is 8.63. The molecule has 0 aliphatic carbocycles. The molecule has 0 aliphatic heterocycles. The van der Waals surface area contributed by atoms with E-state index >= 15 is 0 Å². The monoisotopic (exact) mass is 429 g/mol. The molecule has 0 amide bonds. The van der Waals surface area contributed by atoms with Crippen molar-refractivity contribution in [2.75, 3.05) is 14.1 Å². The number of hydrogen-bond acceptors (Lipinski definition) is 7. The van der Waals surface area contributed by atoms with Gasteiger partial charge in [0.05, 0.1) is 16.6 Å². The van der Waals surface area contributed by atoms with Crippen LogP contribution in [0.25, 0.3) is 16.3 Å². The summed E-state index contributed by atoms with van der Waals surface area (Å²) in [5.41, 5.74) is 1.65. The van der Waals surface area contributed by atoms with Crippen molar-refractivity contribution in [1.29, 1.82) is 0 Å². The van der Waals surface area contributed by atoms with Crippen LogP contribution in [-0.2, 0) is 5.75 Å². The number of halogens is 1. The second-order valence-electron chi connectivity index (χ2n) is 6.74. The molecule has 0 radical (unpaired) electrons. The van der Waals surface area contributed by atoms with Gasteiger partial charge in [0.2, 0.25) is 0 Å². The molecule has 1 atom stereocenters. The van der Waals surface area contributed by atoms with Gasteiger partial charge in [-0.15, -0.1) is 21.5 Å². The van der Waals surface area contributed by atoms with Gasteiger partial charge < -0.3 is 4.52 Å². The lowest BCUT2D eigenvalue weighted by Gasteiger charge is -2.20. The minimum absolute atomic E-state index is 0.0411. The molecule has 1 aromatic carbocycles. The zero-order valence-electron chi connectivity index (χ0n) is 16.2. The van der Waals surface area contributed by atoms with E-state index in [0.29, 0.717) is 5.75 Å². The topological polar surface area (TPSA) is 60.0 Å². The molecule has 0 bridgehead atoms. The first-order valence-electron chi connectivity index (χ1n) is 9.03. The number of hydrogen-bond donors (Lipinski definition) is 0. The average molecular weight is 430 g/mol. The van der Waals surface area contributed by atoms with Crippen molar-refractivity contribution in [3.8, 4) is 16.3 Å². The second kappa shape index (κ2) is 8.48. The van der Waals surface area contributed by atoms with Crippen LogP contribution in [0.3, 0.4) is 0 Å². The maximum Gasteiger partial charge on any atom is 0.196 e. The molecule has 4 rings (SSSR count). The highest BCUT2D eigenvalue weighted by Crippen LogP contribution is 2.30. The van der Waals surface area contributed by atoms with E-state index in [0.717, 1.165) is 33.0 Å². The van der Waals surface area contributed by atoms with Crippen LogP contribution >= 0.6 is 23.1 Å². The fourth-order valence-corrected chi connectivity index (χ4v) is 4.28. The van der Waals surface area contributed by atoms with Crippen LogP contribution in [0.4, 0.5) is 4.39 Å². The first-order chi connectivity index (χ1) is 14.0. The third kappa shape index (κ3) is 4.26. The number of benzene rings is 1. The predicted octanol–water partition coefficient (Wildman–Crippen LogP) is 5.04. The molecule has 0 aliphatic rings. The normalized spacial score (nSPS) is 12.6. The Morgan fingerprint density at radius 2 is 2.00 bits per heavy atom. The molecule has 0 saturated heterocycles. The van der Waals surface area contributed by atoms with Crippen molar-refractivity contribution in [2.45, 2.75) is 23.9 Å². The van der Waals surface area contributed by atoms with Crippen molar-refractivity contribution in [3.05, 3.63) is 65.2 Å². The SMILES string of the molecule is CC(c1nnc(SCc2cc(-c3cccs3)on2)n1-c1ccc(F)cc1)N(C)C. The standard InChI is InChI=1S/C20H20FN5OS2/c1-13(25(2)3)19-22-23-20(26(19)16-8-6-14(21)7-9-16)29-12-15-11-17(27-24-15)18-5-4-10-28-18/h4-11,13H,12H2,1-3H3. The molecule has 4 aromatic rings. The molecule has 3 aromatic heterocycles. The van der Waals surface area contributed by atoms with Gasteiger partial charge in [-0.2, -0.15) is 0 Å². The average Bonchev–Trinajstić information content (AvgIpc) is 3.46. The zero-order chi connectivity index (χ0) is 20.4. The molecule has 3 heterocycles. The minimum atomic E-state index is -0.276. The maximum absolute atomic E-state index is 13.4. The molecule has 1 unspecified atom stereocenters. The first kappa shape index (κ1) is 19.8. The van der Waals surface area contributed by atoms with Crippen molar-refractivity contribution >= 4 is 23.1 Å². The van der Waals surface area contributed by atoms with E-state index in [1.54, 1.807) is 23.5 Å². The number of thiophene rings is 1. The lowest BCUT2D eigenvalue weighted by atomic mass is 10.2. The molecule has 29 heavy (non-hydrogen) atoms. The van der Waals surface area contributed by atoms with Gasteiger partial charge in [0.1, 0.15) is 5.82 Å². The van der Waals surface area contributed by atoms with Gasteiger partial charge in [0.15, 0.2) is 16.7 Å². The Morgan fingerprint density at radius 1 is 1.21 bits per heavy atom. The molecule has 0 spiro atoms. The van der Waals surface area contributed by atoms with Crippen molar-refractivity contribution in [1.82, 2.24) is 24.8 Å². The summed E-state index contributed by atoms with van der Waals surface area (Å²) >= 11 is 3.13. The quantitative estimate of drug-likeness (QED) is 0.384. The fourth-order valence-electron chi connectivity index (χ4n) is 2.76. The predicted molar refractivity (Wildman–Crippen MR) is 113 cm³/mol. The highest BCUT2D eigenvalue weighted by molar-refractivity contribution is 7.98. The van der Waals surface area contributed by atoms with Crippen LogP contribution in [0.2, 0.25) is 0 Å². The Balaban J connectivity index is 1.61. The summed E-state index contributed by atoms with van der Waals surface area (Å²) in [4.78, 5) is 3.11. The lowest BCUT2D eigenvalue weighted by molar-refractivity contribution is 0.305. The van der Waals surface area contributed by atoms with E-state index < -0.39 is 0 Å². The summed E-state index contributed by atoms with van der Waals surface area (Å²) < 4.78 is 20.9. The smallest absolute Gasteiger partial charge is 0.196 e. The summed E-state index contributed by atoms with van der Waals surface area (Å²) in [7, 11) is 3.98. The highest BCUT2D eigenvalue weighted by atomic mass is 32.2. The lowest BCUT2D eigenvalue weighted by Crippen LogP contribution is -2.20. The van der Waals surface area contributed by atoms with Gasteiger partial charge in [0.25, 0.3) is 0 Å². The molecule has 150 valence electrons. The maximum atomic E-state index is 13.4. The van der Waals surface area contributed by atoms with Crippen LogP contribution in [0.5, 0.6) is 0 Å². The molecule has 9 heteroatoms. The molecule has 0 saturated carbocycles. The molecule has 0 fully saturated rings. The Bertz CT molecular complexity index is 1070. The minimum Gasteiger partial charge on any atom is -0.355 e. The Kier molecular flexibility index (Phi) is 5.79. The van der Waals surface area contributed by atoms with E-state index in [1.807, 2.05) is 42.2 Å². The third-order valence-corrected chi connectivity index (χ3v) is 6.41. The number of nitrogens with zero attached hydrogens (tertiary/aromatic N) is 5. The summed E-state index contributed by atoms with van der Waals surface area (Å²) in [6.07, 6.45) is 0. The van der Waals surface area contributed by atoms with Crippen LogP contribution in [-0.4, -0.2) is 38.9 Å². The van der Waals surface area contributed by atoms with Crippen LogP contribution in [0.1, 0.15) is 24.5 Å². The Hall–Kier alpha value is -2.49. The van der Waals surface area contributed by atoms with Crippen LogP contribution < -0.4 is 0 Å². The number of aromatic nitrogens is 4. The summed E-state index contributed by atoms with van der Waals surface area (Å²) in [5, 5.41) is 15.7. The largest absolute Gasteiger partial charge is 0.355 e. The highest BCUT2D eigenvalue weighted by Gasteiger charge is 2.21. The van der Waals surface area contributed by atoms with E-state index in [9.17, 15) is 4.39 Å². The third-order valence-electron chi connectivity index (χ3n) is 4.56. The van der Waals surface area contributed by atoms with E-state index in [-0.39, 0.29) is 11.9 Å². The van der Waals surface area contributed by atoms with Gasteiger partial charge >= 0.3 is 0 Å². The van der Waals surface area contributed by atoms with Crippen LogP contribution in [0.15, 0.2) is 57.5 Å². The molecular formula is C20H20FN5OS2. The first-order valence-corrected chi connectivity index (χ1v) is 10.9. The van der Waals surface area contributed by atoms with Crippen molar-refractivity contribution in [2.24, 2.45) is 0 Å². The van der Waals surface area contributed by atoms with Gasteiger partial charge in [0, 0.05) is 17.5 Å². The number of thioether (sulfide) groups is 1. The molecule has 6 nitrogen and oxygen atoms in total. The molecule has 0 N–H and O–H groups in total. The van der Waals surface area contributed by atoms with Gasteiger partial charge in [-0.25, -0.2) is 4.39 Å². The zero-order valence-corrected chi connectivity index (χ0v) is 17.9. The fraction of sp³-hybridized carbons (Fsp3) is 0.250. The summed E-state index contributed by atoms with van der Waals surface area (Å²) in [6.45, 7) is 2.06. The summed E-state index contributed by atoms with van der Waals surface area (Å²) in [6, 6.07) is 12.3. The van der Waals surface area contributed by atoms with E-state index in [4.69, 9.17) is 4.52 Å². The van der Waals surface area contributed by atoms with Gasteiger partial charge in [-0.1, -0.05) is 23.0 Å². The van der Waals surface area contributed by atoms with Crippen molar-refractivity contribution in [3.63, 3.8) is 0 Å². The van der Waals surface area contributed by atoms with Gasteiger partial charge in [-0.3, -0.25) is 9.47 Å². The van der Waals surface area contributed by atoms with Crippen molar-refractivity contribution < 1.29 is 8.91 Å². The van der Waals surface area contributed by atoms with E-state index in [2.05, 4.69) is 27.2 Å². The Morgan fingerprint density at radius 3 is 2.69 bits per heavy atom. The summed E-state index contributed by atoms with van der Waals surface area (Å²) in [5.74, 6) is 1.87. The number of rotatable bonds is 7. The van der Waals surface area contributed by atoms with E-state index in [1.165, 1.54) is 23.9 Å². The van der Waals surface area contributed by atoms with Crippen LogP contribution in [0, 0.1) is 5.82 Å².